The molecule has 0 spiro atoms. The van der Waals surface area contributed by atoms with Crippen LogP contribution in [-0.2, 0) is 13.1 Å². The van der Waals surface area contributed by atoms with Crippen LogP contribution in [0, 0.1) is 11.6 Å². The van der Waals surface area contributed by atoms with E-state index in [0.717, 1.165) is 19.0 Å². The smallest absolute Gasteiger partial charge is 0.203 e. The molecule has 0 atom stereocenters. The molecule has 0 radical (unpaired) electrons. The molecule has 0 fully saturated rings. The van der Waals surface area contributed by atoms with Gasteiger partial charge in [-0.05, 0) is 12.5 Å². The lowest BCUT2D eigenvalue weighted by molar-refractivity contribution is 0.573. The summed E-state index contributed by atoms with van der Waals surface area (Å²) in [4.78, 5) is 4.15. The molecular weight excluding hydrogens is 236 g/mol. The van der Waals surface area contributed by atoms with Crippen molar-refractivity contribution in [1.29, 1.82) is 0 Å². The van der Waals surface area contributed by atoms with E-state index in [1.807, 2.05) is 10.8 Å². The van der Waals surface area contributed by atoms with Crippen LogP contribution >= 0.6 is 0 Å². The Bertz CT molecular complexity index is 523. The normalized spacial score (nSPS) is 10.6. The summed E-state index contributed by atoms with van der Waals surface area (Å²) < 4.78 is 28.1. The van der Waals surface area contributed by atoms with Crippen LogP contribution in [0.1, 0.15) is 18.9 Å². The van der Waals surface area contributed by atoms with Crippen molar-refractivity contribution in [3.05, 3.63) is 47.8 Å². The van der Waals surface area contributed by atoms with Crippen LogP contribution in [0.15, 0.2) is 30.6 Å². The number of aryl methyl sites for hydroxylation is 1. The predicted octanol–water partition coefficient (Wildman–Crippen LogP) is 3.18. The molecule has 1 heterocycles. The monoisotopic (exact) mass is 251 g/mol. The third kappa shape index (κ3) is 2.85. The average molecular weight is 251 g/mol. The first-order valence-electron chi connectivity index (χ1n) is 5.89. The molecule has 0 aliphatic rings. The van der Waals surface area contributed by atoms with Gasteiger partial charge in [0.15, 0.2) is 0 Å². The van der Waals surface area contributed by atoms with E-state index < -0.39 is 11.6 Å². The van der Waals surface area contributed by atoms with E-state index in [4.69, 9.17) is 0 Å². The zero-order chi connectivity index (χ0) is 13.0. The lowest BCUT2D eigenvalue weighted by Crippen LogP contribution is -2.08. The number of nitrogens with one attached hydrogen (secondary N) is 1. The van der Waals surface area contributed by atoms with E-state index in [2.05, 4.69) is 17.2 Å². The standard InChI is InChI=1S/C13H15F2N3/c1-2-6-18-7-5-16-13(18)17-9-10-3-4-11(14)8-12(10)15/h3-5,7-8H,2,6,9H2,1H3,(H,16,17). The molecule has 0 aliphatic heterocycles. The Morgan fingerprint density at radius 1 is 1.33 bits per heavy atom. The van der Waals surface area contributed by atoms with Crippen molar-refractivity contribution in [3.8, 4) is 0 Å². The number of halogens is 2. The second-order valence-electron chi connectivity index (χ2n) is 4.03. The highest BCUT2D eigenvalue weighted by atomic mass is 19.1. The van der Waals surface area contributed by atoms with Crippen molar-refractivity contribution in [1.82, 2.24) is 9.55 Å². The number of hydrogen-bond donors (Lipinski definition) is 1. The van der Waals surface area contributed by atoms with Crippen LogP contribution in [0.3, 0.4) is 0 Å². The van der Waals surface area contributed by atoms with Crippen molar-refractivity contribution >= 4 is 5.95 Å². The molecule has 5 heteroatoms. The van der Waals surface area contributed by atoms with Crippen LogP contribution in [0.2, 0.25) is 0 Å². The summed E-state index contributed by atoms with van der Waals surface area (Å²) in [6.07, 6.45) is 4.56. The number of hydrogen-bond acceptors (Lipinski definition) is 2. The van der Waals surface area contributed by atoms with Gasteiger partial charge in [-0.2, -0.15) is 0 Å². The predicted molar refractivity (Wildman–Crippen MR) is 66.2 cm³/mol. The molecule has 1 aromatic heterocycles. The fourth-order valence-corrected chi connectivity index (χ4v) is 1.74. The number of aromatic nitrogens is 2. The molecule has 3 nitrogen and oxygen atoms in total. The molecular formula is C13H15F2N3. The van der Waals surface area contributed by atoms with Gasteiger partial charge in [-0.1, -0.05) is 13.0 Å². The van der Waals surface area contributed by atoms with Crippen LogP contribution < -0.4 is 5.32 Å². The first kappa shape index (κ1) is 12.5. The van der Waals surface area contributed by atoms with Gasteiger partial charge in [0.25, 0.3) is 0 Å². The van der Waals surface area contributed by atoms with Crippen molar-refractivity contribution in [2.45, 2.75) is 26.4 Å². The topological polar surface area (TPSA) is 29.9 Å². The van der Waals surface area contributed by atoms with E-state index in [-0.39, 0.29) is 6.54 Å². The first-order chi connectivity index (χ1) is 8.70. The average Bonchev–Trinajstić information content (AvgIpc) is 2.76. The number of benzene rings is 1. The van der Waals surface area contributed by atoms with Gasteiger partial charge in [0.2, 0.25) is 5.95 Å². The Labute approximate surface area is 104 Å². The minimum absolute atomic E-state index is 0.285. The maximum absolute atomic E-state index is 13.4. The van der Waals surface area contributed by atoms with Crippen LogP contribution in [0.25, 0.3) is 0 Å². The number of rotatable bonds is 5. The van der Waals surface area contributed by atoms with E-state index in [1.54, 1.807) is 6.20 Å². The van der Waals surface area contributed by atoms with E-state index in [1.165, 1.54) is 12.1 Å². The molecule has 18 heavy (non-hydrogen) atoms. The summed E-state index contributed by atoms with van der Waals surface area (Å²) in [6, 6.07) is 3.57. The van der Waals surface area contributed by atoms with Gasteiger partial charge in [0, 0.05) is 37.1 Å². The van der Waals surface area contributed by atoms with Crippen LogP contribution in [-0.4, -0.2) is 9.55 Å². The highest BCUT2D eigenvalue weighted by Gasteiger charge is 2.05. The second-order valence-corrected chi connectivity index (χ2v) is 4.03. The fourth-order valence-electron chi connectivity index (χ4n) is 1.74. The Kier molecular flexibility index (Phi) is 3.92. The maximum Gasteiger partial charge on any atom is 0.203 e. The number of anilines is 1. The van der Waals surface area contributed by atoms with Crippen molar-refractivity contribution in [2.24, 2.45) is 0 Å². The molecule has 0 amide bonds. The lowest BCUT2D eigenvalue weighted by atomic mass is 10.2. The third-order valence-electron chi connectivity index (χ3n) is 2.63. The van der Waals surface area contributed by atoms with Gasteiger partial charge < -0.3 is 9.88 Å². The highest BCUT2D eigenvalue weighted by molar-refractivity contribution is 5.29. The molecule has 1 aromatic carbocycles. The zero-order valence-electron chi connectivity index (χ0n) is 10.2. The lowest BCUT2D eigenvalue weighted by Gasteiger charge is -2.09. The summed E-state index contributed by atoms with van der Waals surface area (Å²) in [5, 5.41) is 3.04. The summed E-state index contributed by atoms with van der Waals surface area (Å²) in [7, 11) is 0. The summed E-state index contributed by atoms with van der Waals surface area (Å²) >= 11 is 0. The van der Waals surface area contributed by atoms with Crippen molar-refractivity contribution < 1.29 is 8.78 Å². The van der Waals surface area contributed by atoms with Gasteiger partial charge in [0.05, 0.1) is 0 Å². The summed E-state index contributed by atoms with van der Waals surface area (Å²) in [5.41, 5.74) is 0.419. The first-order valence-corrected chi connectivity index (χ1v) is 5.89. The fraction of sp³-hybridized carbons (Fsp3) is 0.308. The second kappa shape index (κ2) is 5.62. The van der Waals surface area contributed by atoms with Crippen LogP contribution in [0.5, 0.6) is 0 Å². The van der Waals surface area contributed by atoms with Crippen molar-refractivity contribution in [3.63, 3.8) is 0 Å². The summed E-state index contributed by atoms with van der Waals surface area (Å²) in [6.45, 7) is 3.21. The van der Waals surface area contributed by atoms with Gasteiger partial charge in [-0.3, -0.25) is 0 Å². The van der Waals surface area contributed by atoms with E-state index in [9.17, 15) is 8.78 Å². The number of imidazole rings is 1. The molecule has 0 aliphatic carbocycles. The summed E-state index contributed by atoms with van der Waals surface area (Å²) in [5.74, 6) is -0.416. The minimum Gasteiger partial charge on any atom is -0.351 e. The quantitative estimate of drug-likeness (QED) is 0.884. The minimum atomic E-state index is -0.566. The van der Waals surface area contributed by atoms with E-state index >= 15 is 0 Å². The molecule has 0 unspecified atom stereocenters. The molecule has 2 aromatic rings. The van der Waals surface area contributed by atoms with E-state index in [0.29, 0.717) is 11.5 Å². The Hall–Kier alpha value is -1.91. The molecule has 0 bridgehead atoms. The molecule has 0 saturated carbocycles. The molecule has 2 rings (SSSR count). The number of nitrogens with zero attached hydrogens (tertiary/aromatic N) is 2. The Morgan fingerprint density at radius 3 is 2.89 bits per heavy atom. The van der Waals surface area contributed by atoms with Gasteiger partial charge in [-0.25, -0.2) is 13.8 Å². The molecule has 96 valence electrons. The Balaban J connectivity index is 2.04. The SMILES string of the molecule is CCCn1ccnc1NCc1ccc(F)cc1F. The van der Waals surface area contributed by atoms with Gasteiger partial charge in [-0.15, -0.1) is 0 Å². The maximum atomic E-state index is 13.4. The zero-order valence-corrected chi connectivity index (χ0v) is 10.2. The van der Waals surface area contributed by atoms with Crippen LogP contribution in [0.4, 0.5) is 14.7 Å². The largest absolute Gasteiger partial charge is 0.351 e. The van der Waals surface area contributed by atoms with Crippen molar-refractivity contribution in [2.75, 3.05) is 5.32 Å². The third-order valence-corrected chi connectivity index (χ3v) is 2.63. The molecule has 0 saturated heterocycles. The Morgan fingerprint density at radius 2 is 2.17 bits per heavy atom. The highest BCUT2D eigenvalue weighted by Crippen LogP contribution is 2.12. The van der Waals surface area contributed by atoms with Gasteiger partial charge >= 0.3 is 0 Å². The van der Waals surface area contributed by atoms with Gasteiger partial charge in [0.1, 0.15) is 11.6 Å². The molecule has 1 N–H and O–H groups in total.